The molecular weight excluding hydrogens is 374 g/mol. The van der Waals surface area contributed by atoms with Gasteiger partial charge in [-0.3, -0.25) is 4.98 Å². The molecular formula is C23H22F2N2O2. The van der Waals surface area contributed by atoms with Gasteiger partial charge in [0, 0.05) is 25.5 Å². The van der Waals surface area contributed by atoms with Crippen LogP contribution in [0.25, 0.3) is 11.1 Å². The lowest BCUT2D eigenvalue weighted by molar-refractivity contribution is -0.0507. The van der Waals surface area contributed by atoms with Crippen molar-refractivity contribution in [1.82, 2.24) is 10.3 Å². The minimum atomic E-state index is -2.85. The van der Waals surface area contributed by atoms with Crippen molar-refractivity contribution in [3.63, 3.8) is 0 Å². The van der Waals surface area contributed by atoms with E-state index in [0.29, 0.717) is 18.7 Å². The van der Waals surface area contributed by atoms with Crippen molar-refractivity contribution in [2.24, 2.45) is 0 Å². The Hall–Kier alpha value is -2.83. The molecule has 1 atom stereocenters. The lowest BCUT2D eigenvalue weighted by Crippen LogP contribution is -2.48. The van der Waals surface area contributed by atoms with Crippen LogP contribution < -0.4 is 10.1 Å². The number of pyridine rings is 1. The van der Waals surface area contributed by atoms with Crippen LogP contribution in [0.5, 0.6) is 5.75 Å². The predicted molar refractivity (Wildman–Crippen MR) is 107 cm³/mol. The van der Waals surface area contributed by atoms with Crippen LogP contribution in [-0.4, -0.2) is 31.3 Å². The van der Waals surface area contributed by atoms with E-state index in [-0.39, 0.29) is 5.75 Å². The zero-order valence-electron chi connectivity index (χ0n) is 16.1. The van der Waals surface area contributed by atoms with Gasteiger partial charge in [0.2, 0.25) is 0 Å². The number of morpholine rings is 1. The van der Waals surface area contributed by atoms with E-state index in [0.717, 1.165) is 28.8 Å². The van der Waals surface area contributed by atoms with Gasteiger partial charge in [0.15, 0.2) is 0 Å². The largest absolute Gasteiger partial charge is 0.435 e. The van der Waals surface area contributed by atoms with Gasteiger partial charge in [0.05, 0.1) is 6.61 Å². The minimum absolute atomic E-state index is 0.173. The van der Waals surface area contributed by atoms with Crippen LogP contribution in [0.15, 0.2) is 67.0 Å². The molecule has 1 aliphatic heterocycles. The molecule has 29 heavy (non-hydrogen) atoms. The fourth-order valence-electron chi connectivity index (χ4n) is 3.76. The summed E-state index contributed by atoms with van der Waals surface area (Å²) < 4.78 is 36.2. The van der Waals surface area contributed by atoms with Crippen molar-refractivity contribution in [3.05, 3.63) is 83.7 Å². The van der Waals surface area contributed by atoms with Crippen molar-refractivity contribution in [3.8, 4) is 16.9 Å². The molecule has 6 heteroatoms. The van der Waals surface area contributed by atoms with Crippen LogP contribution in [0.4, 0.5) is 8.78 Å². The van der Waals surface area contributed by atoms with E-state index in [1.807, 2.05) is 42.6 Å². The van der Waals surface area contributed by atoms with E-state index in [1.54, 1.807) is 25.3 Å². The van der Waals surface area contributed by atoms with Gasteiger partial charge in [-0.2, -0.15) is 8.78 Å². The highest BCUT2D eigenvalue weighted by Crippen LogP contribution is 2.38. The van der Waals surface area contributed by atoms with Gasteiger partial charge < -0.3 is 14.8 Å². The number of nitrogens with zero attached hydrogens (tertiary/aromatic N) is 1. The maximum absolute atomic E-state index is 12.6. The van der Waals surface area contributed by atoms with E-state index in [9.17, 15) is 8.78 Å². The Labute approximate surface area is 168 Å². The summed E-state index contributed by atoms with van der Waals surface area (Å²) in [7, 11) is 0. The first-order valence-corrected chi connectivity index (χ1v) is 9.50. The Morgan fingerprint density at radius 2 is 1.90 bits per heavy atom. The standard InChI is InChI=1S/C23H22F2N2O2/c1-16-12-20(7-8-21(16)29-22(24)25)23(15-27-10-11-28-23)19-6-2-4-17(13-19)18-5-3-9-26-14-18/h2-9,12-14,22,27H,10-11,15H2,1H3. The summed E-state index contributed by atoms with van der Waals surface area (Å²) in [6.45, 7) is 0.799. The lowest BCUT2D eigenvalue weighted by Gasteiger charge is -2.39. The van der Waals surface area contributed by atoms with E-state index in [2.05, 4.69) is 21.1 Å². The van der Waals surface area contributed by atoms with Gasteiger partial charge in [0.1, 0.15) is 11.4 Å². The third-order valence-electron chi connectivity index (χ3n) is 5.18. The van der Waals surface area contributed by atoms with E-state index < -0.39 is 12.2 Å². The number of aryl methyl sites for hydroxylation is 1. The summed E-state index contributed by atoms with van der Waals surface area (Å²) in [6, 6.07) is 17.3. The molecule has 1 saturated heterocycles. The first-order valence-electron chi connectivity index (χ1n) is 9.50. The van der Waals surface area contributed by atoms with E-state index in [4.69, 9.17) is 4.74 Å². The molecule has 3 aromatic rings. The normalized spacial score (nSPS) is 19.3. The number of benzene rings is 2. The first kappa shape index (κ1) is 19.5. The first-order chi connectivity index (χ1) is 14.1. The smallest absolute Gasteiger partial charge is 0.387 e. The molecule has 1 aromatic heterocycles. The zero-order valence-corrected chi connectivity index (χ0v) is 16.1. The monoisotopic (exact) mass is 396 g/mol. The SMILES string of the molecule is Cc1cc(C2(c3cccc(-c4cccnc4)c3)CNCCO2)ccc1OC(F)F. The average molecular weight is 396 g/mol. The molecule has 0 radical (unpaired) electrons. The quantitative estimate of drug-likeness (QED) is 0.689. The molecule has 0 aliphatic carbocycles. The second-order valence-corrected chi connectivity index (χ2v) is 7.03. The van der Waals surface area contributed by atoms with Gasteiger partial charge in [-0.05, 0) is 59.0 Å². The summed E-state index contributed by atoms with van der Waals surface area (Å²) in [5, 5.41) is 3.41. The summed E-state index contributed by atoms with van der Waals surface area (Å²) in [6.07, 6.45) is 3.57. The van der Waals surface area contributed by atoms with Gasteiger partial charge in [-0.1, -0.05) is 30.3 Å². The molecule has 1 aliphatic rings. The molecule has 0 spiro atoms. The van der Waals surface area contributed by atoms with Crippen LogP contribution in [0.1, 0.15) is 16.7 Å². The molecule has 2 heterocycles. The van der Waals surface area contributed by atoms with Crippen molar-refractivity contribution in [2.75, 3.05) is 19.7 Å². The molecule has 4 rings (SSSR count). The number of alkyl halides is 2. The van der Waals surface area contributed by atoms with Crippen molar-refractivity contribution < 1.29 is 18.3 Å². The van der Waals surface area contributed by atoms with Crippen LogP contribution in [-0.2, 0) is 10.3 Å². The van der Waals surface area contributed by atoms with Crippen molar-refractivity contribution in [2.45, 2.75) is 19.1 Å². The Kier molecular flexibility index (Phi) is 5.56. The maximum Gasteiger partial charge on any atom is 0.387 e. The number of nitrogens with one attached hydrogen (secondary N) is 1. The Morgan fingerprint density at radius 1 is 1.07 bits per heavy atom. The summed E-state index contributed by atoms with van der Waals surface area (Å²) >= 11 is 0. The molecule has 2 aromatic carbocycles. The van der Waals surface area contributed by atoms with Gasteiger partial charge in [0.25, 0.3) is 0 Å². The molecule has 1 N–H and O–H groups in total. The third kappa shape index (κ3) is 3.99. The fraction of sp³-hybridized carbons (Fsp3) is 0.261. The highest BCUT2D eigenvalue weighted by atomic mass is 19.3. The predicted octanol–water partition coefficient (Wildman–Crippen LogP) is 4.52. The topological polar surface area (TPSA) is 43.4 Å². The zero-order chi connectivity index (χ0) is 20.3. The molecule has 0 saturated carbocycles. The second kappa shape index (κ2) is 8.27. The van der Waals surface area contributed by atoms with Crippen LogP contribution in [0, 0.1) is 6.92 Å². The van der Waals surface area contributed by atoms with Gasteiger partial charge in [-0.25, -0.2) is 0 Å². The van der Waals surface area contributed by atoms with E-state index >= 15 is 0 Å². The van der Waals surface area contributed by atoms with Crippen LogP contribution >= 0.6 is 0 Å². The molecule has 1 unspecified atom stereocenters. The molecule has 0 bridgehead atoms. The summed E-state index contributed by atoms with van der Waals surface area (Å²) in [4.78, 5) is 4.20. The second-order valence-electron chi connectivity index (χ2n) is 7.03. The molecule has 1 fully saturated rings. The average Bonchev–Trinajstić information content (AvgIpc) is 2.76. The van der Waals surface area contributed by atoms with Gasteiger partial charge >= 0.3 is 6.61 Å². The Balaban J connectivity index is 1.78. The van der Waals surface area contributed by atoms with E-state index in [1.165, 1.54) is 0 Å². The number of aromatic nitrogens is 1. The number of hydrogen-bond donors (Lipinski definition) is 1. The number of rotatable bonds is 5. The maximum atomic E-state index is 12.6. The van der Waals surface area contributed by atoms with Crippen molar-refractivity contribution >= 4 is 0 Å². The molecule has 4 nitrogen and oxygen atoms in total. The number of halogens is 2. The summed E-state index contributed by atoms with van der Waals surface area (Å²) in [5.74, 6) is 0.173. The minimum Gasteiger partial charge on any atom is -0.435 e. The van der Waals surface area contributed by atoms with Crippen molar-refractivity contribution in [1.29, 1.82) is 0 Å². The molecule has 150 valence electrons. The number of hydrogen-bond acceptors (Lipinski definition) is 4. The highest BCUT2D eigenvalue weighted by molar-refractivity contribution is 5.64. The third-order valence-corrected chi connectivity index (χ3v) is 5.18. The highest BCUT2D eigenvalue weighted by Gasteiger charge is 2.38. The van der Waals surface area contributed by atoms with Crippen LogP contribution in [0.2, 0.25) is 0 Å². The molecule has 0 amide bonds. The van der Waals surface area contributed by atoms with Gasteiger partial charge in [-0.15, -0.1) is 0 Å². The van der Waals surface area contributed by atoms with Crippen LogP contribution in [0.3, 0.4) is 0 Å². The Bertz CT molecular complexity index is 974. The summed E-state index contributed by atoms with van der Waals surface area (Å²) in [5.41, 5.74) is 3.87. The number of ether oxygens (including phenoxy) is 2. The lowest BCUT2D eigenvalue weighted by atomic mass is 9.83. The fourth-order valence-corrected chi connectivity index (χ4v) is 3.76. The Morgan fingerprint density at radius 3 is 2.59 bits per heavy atom.